The number of nitrogens with two attached hydrogens (primary N) is 1. The number of anilines is 1. The van der Waals surface area contributed by atoms with Crippen LogP contribution in [-0.2, 0) is 27.8 Å². The van der Waals surface area contributed by atoms with Gasteiger partial charge in [-0.15, -0.1) is 16.4 Å². The highest BCUT2D eigenvalue weighted by atomic mass is 32.1. The highest BCUT2D eigenvalue weighted by Crippen LogP contribution is 2.55. The van der Waals surface area contributed by atoms with Crippen molar-refractivity contribution in [3.63, 3.8) is 0 Å². The number of carbonyl (C=O) groups is 2. The summed E-state index contributed by atoms with van der Waals surface area (Å²) in [5.74, 6) is 1.11. The van der Waals surface area contributed by atoms with E-state index in [1.165, 1.54) is 35.0 Å². The van der Waals surface area contributed by atoms with Gasteiger partial charge in [0.2, 0.25) is 23.6 Å². The molecule has 7 aromatic rings. The third kappa shape index (κ3) is 10.6. The van der Waals surface area contributed by atoms with Crippen LogP contribution >= 0.6 is 11.3 Å². The summed E-state index contributed by atoms with van der Waals surface area (Å²) >= 11 is 1.51. The zero-order chi connectivity index (χ0) is 56.2. The van der Waals surface area contributed by atoms with Crippen LogP contribution in [0.15, 0.2) is 78.2 Å². The molecular formula is C59H65FN14O6S. The number of nitriles is 1. The number of benzene rings is 1. The Hall–Kier alpha value is -7.74. The maximum Gasteiger partial charge on any atom is 0.248 e. The molecule has 3 fully saturated rings. The third-order valence-corrected chi connectivity index (χ3v) is 18.2. The predicted molar refractivity (Wildman–Crippen MR) is 296 cm³/mol. The first-order chi connectivity index (χ1) is 39.1. The van der Waals surface area contributed by atoms with Crippen molar-refractivity contribution in [2.24, 2.45) is 10.8 Å². The number of nitrogen functional groups attached to an aromatic ring is 1. The van der Waals surface area contributed by atoms with Crippen LogP contribution in [0.1, 0.15) is 142 Å². The van der Waals surface area contributed by atoms with Crippen molar-refractivity contribution in [1.29, 1.82) is 5.26 Å². The van der Waals surface area contributed by atoms with Gasteiger partial charge in [0.15, 0.2) is 23.0 Å². The van der Waals surface area contributed by atoms with Crippen LogP contribution in [-0.4, -0.2) is 117 Å². The number of aryl methyl sites for hydroxylation is 1. The molecule has 2 amide bonds. The SMILES string of the molecule is C[C@H](NC(=O)[C@@H]1C[C@@H](O)CN1C(=O)[C@@H](n1cc(C2CCN(CC3(COc4cc(Oc5cncnc5)nc(-c5noc6c5CCC[C@@]65CCCc6sc(N)c(C#N)c65)n4)CC3)CC2)nn1)C(C)(C)C)c1ccc(-c2ccncc2F)cc1. The summed E-state index contributed by atoms with van der Waals surface area (Å²) in [6, 6.07) is 10.9. The minimum absolute atomic E-state index is 0.0153. The second-order valence-corrected chi connectivity index (χ2v) is 24.9. The van der Waals surface area contributed by atoms with Gasteiger partial charge in [-0.3, -0.25) is 14.6 Å². The molecule has 1 spiro atoms. The number of likely N-dealkylation sites (tertiary alicyclic amines) is 2. The van der Waals surface area contributed by atoms with E-state index >= 15 is 0 Å². The molecule has 1 saturated carbocycles. The lowest BCUT2D eigenvalue weighted by molar-refractivity contribution is -0.144. The second-order valence-electron chi connectivity index (χ2n) is 23.8. The van der Waals surface area contributed by atoms with Gasteiger partial charge in [0.25, 0.3) is 0 Å². The molecular weight excluding hydrogens is 1050 g/mol. The molecule has 1 aromatic carbocycles. The minimum atomic E-state index is -0.894. The number of nitrogens with one attached hydrogen (secondary N) is 1. The second kappa shape index (κ2) is 21.6. The Morgan fingerprint density at radius 2 is 1.78 bits per heavy atom. The topological polar surface area (TPSA) is 262 Å². The van der Waals surface area contributed by atoms with Crippen LogP contribution in [0.3, 0.4) is 0 Å². The number of aliphatic hydroxyl groups excluding tert-OH is 1. The Morgan fingerprint density at radius 1 is 1.02 bits per heavy atom. The van der Waals surface area contributed by atoms with E-state index in [0.717, 1.165) is 110 Å². The number of ether oxygens (including phenoxy) is 2. The standard InChI is InChI=1S/C59H65FN14O6S/c1-34(35-9-11-36(12-10-35)40-13-20-63-28-43(40)60)66-55(76)45-23-38(75)29-73(45)56(77)51(57(2,3)4)74-30-44(69-71-74)37-14-21-72(22-15-37)31-58(18-19-58)32-78-47-24-48(79-39-26-64-33-65-27-39)68-54(67-47)50-41-7-5-16-59(52(41)80-70-50)17-6-8-46-49(59)42(25-61)53(62)81-46/h9-13,20,24,26-28,30,33-34,37-38,45,51,75H,5-8,14-19,21-23,29,31-32,62H2,1-4H3,(H,66,76)/t34-,38+,45-,51+,59-/m0/s1. The number of aromatic nitrogens is 9. The number of hydrogen-bond acceptors (Lipinski definition) is 18. The van der Waals surface area contributed by atoms with Gasteiger partial charge >= 0.3 is 0 Å². The fourth-order valence-corrected chi connectivity index (χ4v) is 14.0. The molecule has 0 unspecified atom stereocenters. The number of pyridine rings is 1. The van der Waals surface area contributed by atoms with E-state index < -0.39 is 40.9 Å². The van der Waals surface area contributed by atoms with Gasteiger partial charge in [-0.1, -0.05) is 55.4 Å². The summed E-state index contributed by atoms with van der Waals surface area (Å²) in [6.45, 7) is 10.7. The molecule has 5 aliphatic rings. The van der Waals surface area contributed by atoms with Gasteiger partial charge in [-0.05, 0) is 112 Å². The number of β-amino-alcohol motifs (C(OH)–C–C–N with tert-alkyl or cyclic N) is 1. The molecule has 5 atom stereocenters. The van der Waals surface area contributed by atoms with Crippen LogP contribution in [0, 0.1) is 28.0 Å². The van der Waals surface area contributed by atoms with Crippen molar-refractivity contribution < 1.29 is 33.1 Å². The molecule has 4 N–H and O–H groups in total. The van der Waals surface area contributed by atoms with Crippen LogP contribution in [0.5, 0.6) is 17.5 Å². The van der Waals surface area contributed by atoms with E-state index in [9.17, 15) is 24.3 Å². The quantitative estimate of drug-likeness (QED) is 0.0869. The van der Waals surface area contributed by atoms with Crippen LogP contribution in [0.25, 0.3) is 22.6 Å². The maximum atomic E-state index is 14.7. The lowest BCUT2D eigenvalue weighted by Crippen LogP contribution is -2.50. The number of thiophene rings is 1. The fraction of sp³-hybridized carbons (Fsp3) is 0.475. The van der Waals surface area contributed by atoms with Gasteiger partial charge < -0.3 is 40.0 Å². The Kier molecular flexibility index (Phi) is 14.4. The molecule has 20 nitrogen and oxygen atoms in total. The number of amides is 2. The van der Waals surface area contributed by atoms with Crippen molar-refractivity contribution in [2.75, 3.05) is 38.5 Å². The molecule has 8 heterocycles. The molecule has 0 radical (unpaired) electrons. The number of rotatable bonds is 15. The molecule has 2 aliphatic heterocycles. The van der Waals surface area contributed by atoms with Crippen LogP contribution in [0.4, 0.5) is 9.39 Å². The van der Waals surface area contributed by atoms with Crippen LogP contribution in [0.2, 0.25) is 0 Å². The van der Waals surface area contributed by atoms with Crippen molar-refractivity contribution in [3.8, 4) is 46.2 Å². The van der Waals surface area contributed by atoms with Crippen molar-refractivity contribution in [3.05, 3.63) is 118 Å². The highest BCUT2D eigenvalue weighted by molar-refractivity contribution is 7.16. The molecule has 6 aromatic heterocycles. The number of hydrogen-bond donors (Lipinski definition) is 3. The van der Waals surface area contributed by atoms with Gasteiger partial charge in [-0.2, -0.15) is 15.2 Å². The van der Waals surface area contributed by atoms with E-state index in [1.54, 1.807) is 41.3 Å². The molecule has 81 heavy (non-hydrogen) atoms. The molecule has 3 aliphatic carbocycles. The summed E-state index contributed by atoms with van der Waals surface area (Å²) in [5, 5.41) is 38.6. The first kappa shape index (κ1) is 53.9. The molecule has 2 saturated heterocycles. The average Bonchev–Trinajstić information content (AvgIpc) is 3.31. The lowest BCUT2D eigenvalue weighted by atomic mass is 9.63. The Morgan fingerprint density at radius 3 is 2.51 bits per heavy atom. The minimum Gasteiger partial charge on any atom is -0.477 e. The summed E-state index contributed by atoms with van der Waals surface area (Å²) in [4.78, 5) is 55.6. The lowest BCUT2D eigenvalue weighted by Gasteiger charge is -2.39. The smallest absolute Gasteiger partial charge is 0.248 e. The fourth-order valence-electron chi connectivity index (χ4n) is 12.8. The summed E-state index contributed by atoms with van der Waals surface area (Å²) in [5.41, 5.74) is 11.0. The predicted octanol–water partition coefficient (Wildman–Crippen LogP) is 8.45. The number of piperidine rings is 1. The van der Waals surface area contributed by atoms with Crippen LogP contribution < -0.4 is 20.5 Å². The Bertz CT molecular complexity index is 3510. The summed E-state index contributed by atoms with van der Waals surface area (Å²) < 4.78 is 35.2. The van der Waals surface area contributed by atoms with E-state index in [2.05, 4.69) is 46.7 Å². The van der Waals surface area contributed by atoms with E-state index in [1.807, 2.05) is 46.0 Å². The first-order valence-corrected chi connectivity index (χ1v) is 28.8. The largest absolute Gasteiger partial charge is 0.477 e. The maximum absolute atomic E-state index is 14.7. The van der Waals surface area contributed by atoms with Gasteiger partial charge in [0.1, 0.15) is 35.3 Å². The molecule has 22 heteroatoms. The van der Waals surface area contributed by atoms with E-state index in [-0.39, 0.29) is 42.0 Å². The normalized spacial score (nSPS) is 21.4. The van der Waals surface area contributed by atoms with Crippen molar-refractivity contribution in [1.82, 2.24) is 60.2 Å². The van der Waals surface area contributed by atoms with Gasteiger partial charge in [-0.25, -0.2) is 19.0 Å². The number of nitrogens with zero attached hydrogens (tertiary/aromatic N) is 12. The number of carbonyl (C=O) groups excluding carboxylic acids is 2. The molecule has 12 rings (SSSR count). The van der Waals surface area contributed by atoms with Crippen molar-refractivity contribution >= 4 is 28.2 Å². The highest BCUT2D eigenvalue weighted by Gasteiger charge is 2.50. The monoisotopic (exact) mass is 1120 g/mol. The zero-order valence-corrected chi connectivity index (χ0v) is 46.7. The van der Waals surface area contributed by atoms with Crippen molar-refractivity contribution in [2.45, 2.75) is 134 Å². The van der Waals surface area contributed by atoms with Gasteiger partial charge in [0.05, 0.1) is 60.1 Å². The molecule has 0 bridgehead atoms. The molecule has 420 valence electrons. The number of aliphatic hydroxyl groups is 1. The average molecular weight is 1120 g/mol. The summed E-state index contributed by atoms with van der Waals surface area (Å²) in [6.07, 6.45) is 17.2. The third-order valence-electron chi connectivity index (χ3n) is 17.1. The Balaban J connectivity index is 0.694. The zero-order valence-electron chi connectivity index (χ0n) is 45.8. The van der Waals surface area contributed by atoms with Gasteiger partial charge in [0, 0.05) is 59.2 Å². The Labute approximate surface area is 472 Å². The summed E-state index contributed by atoms with van der Waals surface area (Å²) in [7, 11) is 0. The number of fused-ring (bicyclic) bond motifs is 4. The van der Waals surface area contributed by atoms with E-state index in [4.69, 9.17) is 29.7 Å². The number of halogens is 1. The first-order valence-electron chi connectivity index (χ1n) is 28.0. The van der Waals surface area contributed by atoms with E-state index in [0.29, 0.717) is 57.9 Å².